The molecule has 2 N–H and O–H groups in total. The van der Waals surface area contributed by atoms with Crippen LogP contribution in [0.5, 0.6) is 23.0 Å². The summed E-state index contributed by atoms with van der Waals surface area (Å²) in [4.78, 5) is 2.19. The maximum Gasteiger partial charge on any atom is 0.150 e. The van der Waals surface area contributed by atoms with Crippen molar-refractivity contribution in [2.75, 3.05) is 32.9 Å². The molecule has 0 saturated carbocycles. The molecule has 0 aliphatic carbocycles. The van der Waals surface area contributed by atoms with Crippen LogP contribution in [0.25, 0.3) is 11.1 Å². The Bertz CT molecular complexity index is 1210. The van der Waals surface area contributed by atoms with Gasteiger partial charge in [0.25, 0.3) is 0 Å². The van der Waals surface area contributed by atoms with Gasteiger partial charge in [-0.2, -0.15) is 0 Å². The molecule has 0 bridgehead atoms. The van der Waals surface area contributed by atoms with Gasteiger partial charge in [0, 0.05) is 36.7 Å². The highest BCUT2D eigenvalue weighted by molar-refractivity contribution is 5.95. The van der Waals surface area contributed by atoms with E-state index in [1.165, 1.54) is 0 Å². The number of nitrogens with zero attached hydrogens (tertiary/aromatic N) is 1. The van der Waals surface area contributed by atoms with Gasteiger partial charge >= 0.3 is 0 Å². The fourth-order valence-electron chi connectivity index (χ4n) is 4.71. The summed E-state index contributed by atoms with van der Waals surface area (Å²) >= 11 is 0. The molecule has 0 spiro atoms. The van der Waals surface area contributed by atoms with E-state index in [1.54, 1.807) is 30.3 Å². The largest absolute Gasteiger partial charge is 0.508 e. The van der Waals surface area contributed by atoms with Crippen molar-refractivity contribution in [3.63, 3.8) is 0 Å². The lowest BCUT2D eigenvalue weighted by atomic mass is 9.86. The molecule has 2 aliphatic rings. The van der Waals surface area contributed by atoms with Gasteiger partial charge in [0.05, 0.1) is 6.67 Å². The monoisotopic (exact) mass is 497 g/mol. The molecular weight excluding hydrogens is 469 g/mol. The number of hydrogen-bond acceptors (Lipinski definition) is 5. The molecule has 5 nitrogen and oxygen atoms in total. The number of aromatic hydroxyl groups is 2. The van der Waals surface area contributed by atoms with Crippen molar-refractivity contribution >= 4 is 23.6 Å². The van der Waals surface area contributed by atoms with Crippen molar-refractivity contribution in [2.45, 2.75) is 13.0 Å². The first kappa shape index (κ1) is 24.9. The van der Waals surface area contributed by atoms with Crippen LogP contribution >= 0.6 is 12.4 Å². The number of alkyl halides is 1. The Balaban J connectivity index is 0.00000289. The number of ether oxygens (including phenoxy) is 2. The molecule has 1 saturated heterocycles. The molecule has 7 heteroatoms. The van der Waals surface area contributed by atoms with E-state index in [-0.39, 0.29) is 42.6 Å². The summed E-state index contributed by atoms with van der Waals surface area (Å²) in [6, 6.07) is 20.1. The predicted molar refractivity (Wildman–Crippen MR) is 137 cm³/mol. The van der Waals surface area contributed by atoms with Gasteiger partial charge in [0.2, 0.25) is 0 Å². The first-order chi connectivity index (χ1) is 16.5. The summed E-state index contributed by atoms with van der Waals surface area (Å²) < 4.78 is 24.9. The third-order valence-corrected chi connectivity index (χ3v) is 6.55. The van der Waals surface area contributed by atoms with Gasteiger partial charge in [-0.3, -0.25) is 9.29 Å². The van der Waals surface area contributed by atoms with Crippen LogP contribution < -0.4 is 9.47 Å². The van der Waals surface area contributed by atoms with Crippen LogP contribution in [-0.2, 0) is 0 Å². The quantitative estimate of drug-likeness (QED) is 0.428. The Hall–Kier alpha value is -3.22. The van der Waals surface area contributed by atoms with Gasteiger partial charge < -0.3 is 19.7 Å². The van der Waals surface area contributed by atoms with Gasteiger partial charge in [-0.1, -0.05) is 24.3 Å². The van der Waals surface area contributed by atoms with E-state index in [0.29, 0.717) is 12.4 Å². The van der Waals surface area contributed by atoms with E-state index in [4.69, 9.17) is 9.47 Å². The van der Waals surface area contributed by atoms with Crippen LogP contribution in [-0.4, -0.2) is 48.0 Å². The molecule has 1 atom stereocenters. The number of fused-ring (bicyclic) bond motifs is 1. The van der Waals surface area contributed by atoms with Crippen LogP contribution in [0.1, 0.15) is 29.7 Å². The minimum absolute atomic E-state index is 0. The van der Waals surface area contributed by atoms with Crippen molar-refractivity contribution in [3.8, 4) is 23.0 Å². The molecule has 2 heterocycles. The average molecular weight is 498 g/mol. The summed E-state index contributed by atoms with van der Waals surface area (Å²) in [5.74, 6) is 2.01. The van der Waals surface area contributed by atoms with Crippen molar-refractivity contribution in [1.29, 1.82) is 0 Å². The molecule has 2 aliphatic heterocycles. The normalized spacial score (nSPS) is 17.7. The van der Waals surface area contributed by atoms with Gasteiger partial charge in [0.15, 0.2) is 0 Å². The van der Waals surface area contributed by atoms with E-state index in [9.17, 15) is 14.6 Å². The lowest BCUT2D eigenvalue weighted by Crippen LogP contribution is -2.49. The van der Waals surface area contributed by atoms with E-state index in [0.717, 1.165) is 53.2 Å². The fourth-order valence-corrected chi connectivity index (χ4v) is 4.71. The SMILES string of the molecule is CC1=C(c2cccc(O)c2)[C@@H](c2ccc(OCCN3CC(CF)C3)cc2)Oc2ccc(O)cc21.Cl. The molecule has 3 aromatic carbocycles. The highest BCUT2D eigenvalue weighted by Gasteiger charge is 2.30. The van der Waals surface area contributed by atoms with Crippen LogP contribution in [0.2, 0.25) is 0 Å². The number of likely N-dealkylation sites (tertiary alicyclic amines) is 1. The van der Waals surface area contributed by atoms with Crippen LogP contribution in [0, 0.1) is 5.92 Å². The third kappa shape index (κ3) is 5.24. The molecular formula is C28H29ClFNO4. The molecule has 3 aromatic rings. The van der Waals surface area contributed by atoms with E-state index >= 15 is 0 Å². The van der Waals surface area contributed by atoms with E-state index < -0.39 is 0 Å². The highest BCUT2D eigenvalue weighted by atomic mass is 35.5. The van der Waals surface area contributed by atoms with Crippen molar-refractivity contribution < 1.29 is 24.1 Å². The summed E-state index contributed by atoms with van der Waals surface area (Å²) in [5, 5.41) is 20.1. The fraction of sp³-hybridized carbons (Fsp3) is 0.286. The number of phenolic OH excluding ortho intramolecular Hbond substituents is 2. The molecule has 1 fully saturated rings. The standard InChI is InChI=1S/C28H28FNO4.ClH/c1-18-25-14-23(32)7-10-26(25)34-28(27(18)21-3-2-4-22(31)13-21)20-5-8-24(9-6-20)33-12-11-30-16-19(15-29)17-30;/h2-10,13-14,19,28,31-32H,11-12,15-17H2,1H3;1H/t28-;/m1./s1. The Labute approximate surface area is 210 Å². The number of phenols is 2. The summed E-state index contributed by atoms with van der Waals surface area (Å²) in [5.41, 5.74) is 4.56. The number of benzene rings is 3. The van der Waals surface area contributed by atoms with Crippen molar-refractivity contribution in [2.24, 2.45) is 5.92 Å². The van der Waals surface area contributed by atoms with Crippen molar-refractivity contribution in [1.82, 2.24) is 4.90 Å². The van der Waals surface area contributed by atoms with Crippen LogP contribution in [0.15, 0.2) is 66.7 Å². The zero-order valence-electron chi connectivity index (χ0n) is 19.5. The first-order valence-corrected chi connectivity index (χ1v) is 11.5. The van der Waals surface area contributed by atoms with Gasteiger partial charge in [-0.25, -0.2) is 0 Å². The Morgan fingerprint density at radius 1 is 1.00 bits per heavy atom. The number of rotatable bonds is 7. The lowest BCUT2D eigenvalue weighted by molar-refractivity contribution is 0.0668. The van der Waals surface area contributed by atoms with Gasteiger partial charge in [-0.15, -0.1) is 12.4 Å². The molecule has 5 rings (SSSR count). The summed E-state index contributed by atoms with van der Waals surface area (Å²) in [6.07, 6.45) is -0.383. The van der Waals surface area contributed by atoms with Crippen LogP contribution in [0.3, 0.4) is 0 Å². The van der Waals surface area contributed by atoms with E-state index in [1.807, 2.05) is 43.3 Å². The topological polar surface area (TPSA) is 62.2 Å². The highest BCUT2D eigenvalue weighted by Crippen LogP contribution is 2.47. The minimum atomic E-state index is -0.383. The molecule has 0 amide bonds. The smallest absolute Gasteiger partial charge is 0.150 e. The van der Waals surface area contributed by atoms with E-state index in [2.05, 4.69) is 4.90 Å². The van der Waals surface area contributed by atoms with Crippen LogP contribution in [0.4, 0.5) is 4.39 Å². The second-order valence-electron chi connectivity index (χ2n) is 8.96. The summed E-state index contributed by atoms with van der Waals surface area (Å²) in [7, 11) is 0. The van der Waals surface area contributed by atoms with Crippen molar-refractivity contribution in [3.05, 3.63) is 83.4 Å². The Morgan fingerprint density at radius 3 is 2.46 bits per heavy atom. The Morgan fingerprint density at radius 2 is 1.74 bits per heavy atom. The number of hydrogen-bond donors (Lipinski definition) is 2. The second-order valence-corrected chi connectivity index (χ2v) is 8.96. The number of allylic oxidation sites excluding steroid dienone is 1. The maximum absolute atomic E-state index is 12.6. The number of halogens is 2. The third-order valence-electron chi connectivity index (χ3n) is 6.55. The summed E-state index contributed by atoms with van der Waals surface area (Å²) in [6.45, 7) is 4.72. The molecule has 0 aromatic heterocycles. The minimum Gasteiger partial charge on any atom is -0.508 e. The molecule has 0 radical (unpaired) electrons. The second kappa shape index (κ2) is 10.6. The maximum atomic E-state index is 12.6. The predicted octanol–water partition coefficient (Wildman–Crippen LogP) is 5.86. The Kier molecular flexibility index (Phi) is 7.53. The van der Waals surface area contributed by atoms with Gasteiger partial charge in [-0.05, 0) is 66.1 Å². The zero-order chi connectivity index (χ0) is 23.7. The molecule has 184 valence electrons. The average Bonchev–Trinajstić information content (AvgIpc) is 2.81. The molecule has 0 unspecified atom stereocenters. The zero-order valence-corrected chi connectivity index (χ0v) is 20.3. The molecule has 35 heavy (non-hydrogen) atoms. The lowest BCUT2D eigenvalue weighted by Gasteiger charge is -2.37. The first-order valence-electron chi connectivity index (χ1n) is 11.5. The van der Waals surface area contributed by atoms with Gasteiger partial charge in [0.1, 0.15) is 35.7 Å².